The van der Waals surface area contributed by atoms with Crippen molar-refractivity contribution in [3.63, 3.8) is 0 Å². The molecule has 0 saturated heterocycles. The van der Waals surface area contributed by atoms with Crippen LogP contribution in [0.15, 0.2) is 18.2 Å². The van der Waals surface area contributed by atoms with E-state index in [0.29, 0.717) is 10.1 Å². The maximum atomic E-state index is 10.9. The fourth-order valence-electron chi connectivity index (χ4n) is 0.796. The van der Waals surface area contributed by atoms with Crippen molar-refractivity contribution < 1.29 is 15.0 Å². The maximum Gasteiger partial charge on any atom is 0.234 e. The molecule has 1 aromatic rings. The largest absolute Gasteiger partial charge is 0.504 e. The third-order valence-corrected chi connectivity index (χ3v) is 2.07. The molecule has 0 aliphatic rings. The topological polar surface area (TPSA) is 69.6 Å². The summed E-state index contributed by atoms with van der Waals surface area (Å²) in [7, 11) is 0. The third-order valence-electron chi connectivity index (χ3n) is 1.38. The first-order valence-corrected chi connectivity index (χ1v) is 5.04. The molecule has 70 valence electrons. The predicted octanol–water partition coefficient (Wildman–Crippen LogP) is 1.47. The van der Waals surface area contributed by atoms with E-state index in [-0.39, 0.29) is 17.4 Å². The van der Waals surface area contributed by atoms with Crippen LogP contribution in [0.5, 0.6) is 11.5 Å². The minimum absolute atomic E-state index is 0.148. The lowest BCUT2D eigenvalue weighted by atomic mass is 10.3. The van der Waals surface area contributed by atoms with Crippen molar-refractivity contribution >= 4 is 34.2 Å². The second-order valence-corrected chi connectivity index (χ2v) is 3.15. The summed E-state index contributed by atoms with van der Waals surface area (Å²) in [5.41, 5.74) is 0.469. The molecule has 0 atom stereocenters. The summed E-state index contributed by atoms with van der Waals surface area (Å²) in [6, 6.07) is 4.12. The standard InChI is InChI=1S/C8H8INO3/c9-4-8(13)10-5-1-2-6(11)7(12)3-5/h1-3,11-12H,4H2,(H,10,13). The number of phenolic OH excluding ortho intramolecular Hbond substituents is 2. The summed E-state index contributed by atoms with van der Waals surface area (Å²) in [5, 5.41) is 20.6. The second kappa shape index (κ2) is 4.31. The van der Waals surface area contributed by atoms with Gasteiger partial charge in [-0.05, 0) is 12.1 Å². The summed E-state index contributed by atoms with van der Waals surface area (Å²) < 4.78 is 0.347. The van der Waals surface area contributed by atoms with E-state index in [1.165, 1.54) is 18.2 Å². The third kappa shape index (κ3) is 2.76. The molecule has 1 aromatic carbocycles. The molecule has 0 fully saturated rings. The van der Waals surface area contributed by atoms with Gasteiger partial charge in [0.1, 0.15) is 0 Å². The molecule has 1 amide bonds. The van der Waals surface area contributed by atoms with Crippen LogP contribution >= 0.6 is 22.6 Å². The van der Waals surface area contributed by atoms with Gasteiger partial charge in [0.15, 0.2) is 11.5 Å². The molecular formula is C8H8INO3. The minimum atomic E-state index is -0.244. The average Bonchev–Trinajstić information content (AvgIpc) is 2.11. The van der Waals surface area contributed by atoms with E-state index in [0.717, 1.165) is 0 Å². The van der Waals surface area contributed by atoms with Gasteiger partial charge < -0.3 is 15.5 Å². The predicted molar refractivity (Wildman–Crippen MR) is 57.3 cm³/mol. The molecule has 3 N–H and O–H groups in total. The Morgan fingerprint density at radius 3 is 2.62 bits per heavy atom. The van der Waals surface area contributed by atoms with Gasteiger partial charge in [-0.25, -0.2) is 0 Å². The number of rotatable bonds is 2. The van der Waals surface area contributed by atoms with E-state index in [9.17, 15) is 4.79 Å². The molecule has 0 unspecified atom stereocenters. The van der Waals surface area contributed by atoms with Gasteiger partial charge in [-0.3, -0.25) is 4.79 Å². The Morgan fingerprint density at radius 2 is 2.08 bits per heavy atom. The summed E-state index contributed by atoms with van der Waals surface area (Å²) >= 11 is 1.93. The number of halogens is 1. The lowest BCUT2D eigenvalue weighted by Crippen LogP contribution is -2.11. The number of carbonyl (C=O) groups excluding carboxylic acids is 1. The van der Waals surface area contributed by atoms with E-state index in [1.807, 2.05) is 22.6 Å². The Morgan fingerprint density at radius 1 is 1.38 bits per heavy atom. The average molecular weight is 293 g/mol. The van der Waals surface area contributed by atoms with Gasteiger partial charge in [0.25, 0.3) is 0 Å². The first-order valence-electron chi connectivity index (χ1n) is 3.51. The molecule has 0 saturated carbocycles. The monoisotopic (exact) mass is 293 g/mol. The normalized spacial score (nSPS) is 9.62. The number of carbonyl (C=O) groups is 1. The molecule has 0 heterocycles. The molecule has 4 nitrogen and oxygen atoms in total. The first kappa shape index (κ1) is 10.1. The van der Waals surface area contributed by atoms with Gasteiger partial charge in [0.05, 0.1) is 4.43 Å². The summed E-state index contributed by atoms with van der Waals surface area (Å²) in [6.07, 6.45) is 0. The fraction of sp³-hybridized carbons (Fsp3) is 0.125. The molecule has 0 aromatic heterocycles. The zero-order valence-corrected chi connectivity index (χ0v) is 8.78. The summed E-state index contributed by atoms with van der Waals surface area (Å²) in [6.45, 7) is 0. The summed E-state index contributed by atoms with van der Waals surface area (Å²) in [5.74, 6) is -0.593. The molecule has 1 rings (SSSR count). The lowest BCUT2D eigenvalue weighted by molar-refractivity contribution is -0.113. The van der Waals surface area contributed by atoms with Crippen molar-refractivity contribution in [2.45, 2.75) is 0 Å². The Labute approximate surface area is 88.7 Å². The molecule has 0 radical (unpaired) electrons. The number of amides is 1. The van der Waals surface area contributed by atoms with Crippen LogP contribution in [0.25, 0.3) is 0 Å². The van der Waals surface area contributed by atoms with Gasteiger partial charge in [-0.15, -0.1) is 0 Å². The van der Waals surface area contributed by atoms with Gasteiger partial charge in [-0.2, -0.15) is 0 Å². The highest BCUT2D eigenvalue weighted by Gasteiger charge is 2.02. The smallest absolute Gasteiger partial charge is 0.234 e. The van der Waals surface area contributed by atoms with Gasteiger partial charge in [0.2, 0.25) is 5.91 Å². The van der Waals surface area contributed by atoms with Crippen LogP contribution < -0.4 is 5.32 Å². The number of hydrogen-bond donors (Lipinski definition) is 3. The molecule has 0 bridgehead atoms. The minimum Gasteiger partial charge on any atom is -0.504 e. The van der Waals surface area contributed by atoms with Crippen LogP contribution in [-0.2, 0) is 4.79 Å². The van der Waals surface area contributed by atoms with Crippen LogP contribution in [0, 0.1) is 0 Å². The van der Waals surface area contributed by atoms with Crippen LogP contribution in [0.1, 0.15) is 0 Å². The van der Waals surface area contributed by atoms with Crippen LogP contribution in [0.2, 0.25) is 0 Å². The Bertz CT molecular complexity index is 327. The zero-order valence-electron chi connectivity index (χ0n) is 6.62. The van der Waals surface area contributed by atoms with Crippen molar-refractivity contribution in [1.29, 1.82) is 0 Å². The number of phenols is 2. The van der Waals surface area contributed by atoms with Gasteiger partial charge >= 0.3 is 0 Å². The van der Waals surface area contributed by atoms with Crippen LogP contribution in [0.4, 0.5) is 5.69 Å². The van der Waals surface area contributed by atoms with E-state index < -0.39 is 0 Å². The number of nitrogens with one attached hydrogen (secondary N) is 1. The highest BCUT2D eigenvalue weighted by atomic mass is 127. The molecule has 0 spiro atoms. The Kier molecular flexibility index (Phi) is 3.35. The number of anilines is 1. The van der Waals surface area contributed by atoms with Gasteiger partial charge in [-0.1, -0.05) is 22.6 Å². The van der Waals surface area contributed by atoms with E-state index >= 15 is 0 Å². The lowest BCUT2D eigenvalue weighted by Gasteiger charge is -2.03. The second-order valence-electron chi connectivity index (χ2n) is 2.39. The Hall–Kier alpha value is -0.980. The number of alkyl halides is 1. The first-order chi connectivity index (χ1) is 6.13. The van der Waals surface area contributed by atoms with Crippen molar-refractivity contribution in [2.24, 2.45) is 0 Å². The quantitative estimate of drug-likeness (QED) is 0.335. The molecular weight excluding hydrogens is 285 g/mol. The maximum absolute atomic E-state index is 10.9. The van der Waals surface area contributed by atoms with E-state index in [2.05, 4.69) is 5.32 Å². The van der Waals surface area contributed by atoms with Crippen molar-refractivity contribution in [3.05, 3.63) is 18.2 Å². The number of hydrogen-bond acceptors (Lipinski definition) is 3. The van der Waals surface area contributed by atoms with E-state index in [1.54, 1.807) is 0 Å². The highest BCUT2D eigenvalue weighted by molar-refractivity contribution is 14.1. The molecule has 0 aliphatic heterocycles. The van der Waals surface area contributed by atoms with Crippen LogP contribution in [0.3, 0.4) is 0 Å². The van der Waals surface area contributed by atoms with Crippen molar-refractivity contribution in [3.8, 4) is 11.5 Å². The molecule has 5 heteroatoms. The van der Waals surface area contributed by atoms with Crippen LogP contribution in [-0.4, -0.2) is 20.5 Å². The van der Waals surface area contributed by atoms with Crippen molar-refractivity contribution in [1.82, 2.24) is 0 Å². The van der Waals surface area contributed by atoms with Crippen molar-refractivity contribution in [2.75, 3.05) is 9.74 Å². The Balaban J connectivity index is 2.79. The molecule has 13 heavy (non-hydrogen) atoms. The number of aromatic hydroxyl groups is 2. The summed E-state index contributed by atoms with van der Waals surface area (Å²) in [4.78, 5) is 10.9. The van der Waals surface area contributed by atoms with E-state index in [4.69, 9.17) is 10.2 Å². The van der Waals surface area contributed by atoms with Gasteiger partial charge in [0, 0.05) is 11.8 Å². The number of benzene rings is 1. The fourth-order valence-corrected chi connectivity index (χ4v) is 0.986. The zero-order chi connectivity index (χ0) is 9.84. The SMILES string of the molecule is O=C(CI)Nc1ccc(O)c(O)c1. The highest BCUT2D eigenvalue weighted by Crippen LogP contribution is 2.27. The molecule has 0 aliphatic carbocycles.